The van der Waals surface area contributed by atoms with Crippen LogP contribution in [0.4, 0.5) is 5.69 Å². The monoisotopic (exact) mass is 290 g/mol. The van der Waals surface area contributed by atoms with Crippen molar-refractivity contribution in [2.24, 2.45) is 0 Å². The van der Waals surface area contributed by atoms with Crippen LogP contribution in [0.15, 0.2) is 18.2 Å². The molecule has 0 amide bonds. The summed E-state index contributed by atoms with van der Waals surface area (Å²) in [5.74, 6) is -0.709. The van der Waals surface area contributed by atoms with E-state index in [9.17, 15) is 4.79 Å². The number of likely N-dealkylation sites (N-methyl/N-ethyl adjacent to an activating group) is 1. The molecule has 1 aliphatic heterocycles. The molecule has 0 aliphatic carbocycles. The van der Waals surface area contributed by atoms with Gasteiger partial charge in [0.25, 0.3) is 0 Å². The predicted molar refractivity (Wildman–Crippen MR) is 85.8 cm³/mol. The summed E-state index contributed by atoms with van der Waals surface area (Å²) in [6.45, 7) is 7.17. The van der Waals surface area contributed by atoms with Crippen molar-refractivity contribution < 1.29 is 9.90 Å². The molecule has 116 valence electrons. The van der Waals surface area contributed by atoms with E-state index < -0.39 is 5.97 Å². The first-order valence-corrected chi connectivity index (χ1v) is 7.76. The summed E-state index contributed by atoms with van der Waals surface area (Å²) in [7, 11) is 2.14. The van der Waals surface area contributed by atoms with Crippen LogP contribution >= 0.6 is 0 Å². The lowest BCUT2D eigenvalue weighted by Gasteiger charge is -2.26. The minimum absolute atomic E-state index is 0.248. The minimum Gasteiger partial charge on any atom is -0.481 e. The second-order valence-electron chi connectivity index (χ2n) is 6.20. The highest BCUT2D eigenvalue weighted by Gasteiger charge is 2.17. The SMILES string of the molecule is CC(C)N(CCCC(=O)O)Cc1ccc2c(c1)CCN2C. The number of hydrogen-bond donors (Lipinski definition) is 1. The molecule has 0 unspecified atom stereocenters. The molecule has 1 aromatic rings. The molecule has 0 aromatic heterocycles. The van der Waals surface area contributed by atoms with E-state index in [2.05, 4.69) is 48.9 Å². The minimum atomic E-state index is -0.709. The third-order valence-corrected chi connectivity index (χ3v) is 4.22. The molecule has 4 nitrogen and oxygen atoms in total. The van der Waals surface area contributed by atoms with Crippen LogP contribution in [-0.2, 0) is 17.8 Å². The zero-order valence-corrected chi connectivity index (χ0v) is 13.3. The number of nitrogens with zero attached hydrogens (tertiary/aromatic N) is 2. The molecular formula is C17H26N2O2. The van der Waals surface area contributed by atoms with Gasteiger partial charge < -0.3 is 10.0 Å². The number of benzene rings is 1. The Morgan fingerprint density at radius 3 is 2.86 bits per heavy atom. The normalized spacial score (nSPS) is 14.0. The molecule has 0 spiro atoms. The van der Waals surface area contributed by atoms with Gasteiger partial charge in [-0.15, -0.1) is 0 Å². The zero-order chi connectivity index (χ0) is 15.4. The Bertz CT molecular complexity index is 500. The van der Waals surface area contributed by atoms with Crippen molar-refractivity contribution in [1.29, 1.82) is 0 Å². The lowest BCUT2D eigenvalue weighted by Crippen LogP contribution is -2.31. The van der Waals surface area contributed by atoms with Gasteiger partial charge in [0.05, 0.1) is 0 Å². The van der Waals surface area contributed by atoms with Crippen LogP contribution in [-0.4, -0.2) is 42.2 Å². The third kappa shape index (κ3) is 4.21. The van der Waals surface area contributed by atoms with E-state index in [4.69, 9.17) is 5.11 Å². The van der Waals surface area contributed by atoms with Gasteiger partial charge in [0.2, 0.25) is 0 Å². The zero-order valence-electron chi connectivity index (χ0n) is 13.3. The average Bonchev–Trinajstić information content (AvgIpc) is 2.78. The maximum absolute atomic E-state index is 10.6. The highest BCUT2D eigenvalue weighted by atomic mass is 16.4. The van der Waals surface area contributed by atoms with Crippen molar-refractivity contribution >= 4 is 11.7 Å². The van der Waals surface area contributed by atoms with Crippen LogP contribution < -0.4 is 4.90 Å². The number of hydrogen-bond acceptors (Lipinski definition) is 3. The molecule has 1 N–H and O–H groups in total. The highest BCUT2D eigenvalue weighted by molar-refractivity contribution is 5.66. The number of aliphatic carboxylic acids is 1. The summed E-state index contributed by atoms with van der Waals surface area (Å²) in [5.41, 5.74) is 4.11. The summed E-state index contributed by atoms with van der Waals surface area (Å²) >= 11 is 0. The molecule has 0 radical (unpaired) electrons. The highest BCUT2D eigenvalue weighted by Crippen LogP contribution is 2.28. The van der Waals surface area contributed by atoms with Gasteiger partial charge in [0.15, 0.2) is 0 Å². The Balaban J connectivity index is 1.98. The molecule has 1 aliphatic rings. The summed E-state index contributed by atoms with van der Waals surface area (Å²) in [4.78, 5) is 15.3. The number of rotatable bonds is 7. The van der Waals surface area contributed by atoms with Gasteiger partial charge in [-0.1, -0.05) is 12.1 Å². The van der Waals surface area contributed by atoms with E-state index in [0.29, 0.717) is 12.5 Å². The van der Waals surface area contributed by atoms with Gasteiger partial charge in [-0.3, -0.25) is 9.69 Å². The molecule has 21 heavy (non-hydrogen) atoms. The van der Waals surface area contributed by atoms with Crippen molar-refractivity contribution in [1.82, 2.24) is 4.90 Å². The topological polar surface area (TPSA) is 43.8 Å². The quantitative estimate of drug-likeness (QED) is 0.838. The Kier molecular flexibility index (Phi) is 5.23. The van der Waals surface area contributed by atoms with Crippen LogP contribution in [0.5, 0.6) is 0 Å². The van der Waals surface area contributed by atoms with Crippen LogP contribution in [0.2, 0.25) is 0 Å². The predicted octanol–water partition coefficient (Wildman–Crippen LogP) is 2.75. The first-order chi connectivity index (χ1) is 9.97. The van der Waals surface area contributed by atoms with Gasteiger partial charge in [0, 0.05) is 38.3 Å². The van der Waals surface area contributed by atoms with Crippen molar-refractivity contribution in [3.05, 3.63) is 29.3 Å². The molecule has 4 heteroatoms. The van der Waals surface area contributed by atoms with Crippen LogP contribution in [0, 0.1) is 0 Å². The standard InChI is InChI=1S/C17H26N2O2/c1-13(2)19(9-4-5-17(20)21)12-14-6-7-16-15(11-14)8-10-18(16)3/h6-7,11,13H,4-5,8-10,12H2,1-3H3,(H,20,21). The number of carboxylic acid groups (broad SMARTS) is 1. The molecular weight excluding hydrogens is 264 g/mol. The van der Waals surface area contributed by atoms with E-state index in [1.165, 1.54) is 16.8 Å². The van der Waals surface area contributed by atoms with Gasteiger partial charge in [-0.05, 0) is 50.4 Å². The molecule has 0 atom stereocenters. The average molecular weight is 290 g/mol. The third-order valence-electron chi connectivity index (χ3n) is 4.22. The number of anilines is 1. The Morgan fingerprint density at radius 2 is 2.19 bits per heavy atom. The first kappa shape index (κ1) is 15.8. The van der Waals surface area contributed by atoms with Gasteiger partial charge in [0.1, 0.15) is 0 Å². The second-order valence-corrected chi connectivity index (χ2v) is 6.20. The van der Waals surface area contributed by atoms with Gasteiger partial charge >= 0.3 is 5.97 Å². The van der Waals surface area contributed by atoms with Crippen molar-refractivity contribution in [2.75, 3.05) is 25.0 Å². The number of carbonyl (C=O) groups is 1. The van der Waals surface area contributed by atoms with E-state index in [0.717, 1.165) is 26.1 Å². The molecule has 0 saturated heterocycles. The van der Waals surface area contributed by atoms with E-state index in [1.54, 1.807) is 0 Å². The molecule has 0 bridgehead atoms. The number of carboxylic acids is 1. The van der Waals surface area contributed by atoms with E-state index in [-0.39, 0.29) is 6.42 Å². The lowest BCUT2D eigenvalue weighted by atomic mass is 10.1. The lowest BCUT2D eigenvalue weighted by molar-refractivity contribution is -0.137. The summed E-state index contributed by atoms with van der Waals surface area (Å²) in [6.07, 6.45) is 2.08. The summed E-state index contributed by atoms with van der Waals surface area (Å²) < 4.78 is 0. The van der Waals surface area contributed by atoms with E-state index >= 15 is 0 Å². The fourth-order valence-electron chi connectivity index (χ4n) is 2.91. The van der Waals surface area contributed by atoms with E-state index in [1.807, 2.05) is 0 Å². The largest absolute Gasteiger partial charge is 0.481 e. The fourth-order valence-corrected chi connectivity index (χ4v) is 2.91. The smallest absolute Gasteiger partial charge is 0.303 e. The first-order valence-electron chi connectivity index (χ1n) is 7.76. The second kappa shape index (κ2) is 6.94. The van der Waals surface area contributed by atoms with Crippen molar-refractivity contribution in [2.45, 2.75) is 45.7 Å². The van der Waals surface area contributed by atoms with Gasteiger partial charge in [-0.2, -0.15) is 0 Å². The molecule has 2 rings (SSSR count). The van der Waals surface area contributed by atoms with Crippen molar-refractivity contribution in [3.8, 4) is 0 Å². The maximum atomic E-state index is 10.6. The Labute approximate surface area is 127 Å². The Hall–Kier alpha value is -1.55. The summed E-state index contributed by atoms with van der Waals surface area (Å²) in [6, 6.07) is 7.15. The van der Waals surface area contributed by atoms with Crippen molar-refractivity contribution in [3.63, 3.8) is 0 Å². The molecule has 1 aromatic carbocycles. The Morgan fingerprint density at radius 1 is 1.43 bits per heavy atom. The number of fused-ring (bicyclic) bond motifs is 1. The fraction of sp³-hybridized carbons (Fsp3) is 0.588. The van der Waals surface area contributed by atoms with Crippen LogP contribution in [0.25, 0.3) is 0 Å². The molecule has 0 fully saturated rings. The van der Waals surface area contributed by atoms with Crippen LogP contribution in [0.3, 0.4) is 0 Å². The van der Waals surface area contributed by atoms with Gasteiger partial charge in [-0.25, -0.2) is 0 Å². The van der Waals surface area contributed by atoms with Crippen LogP contribution in [0.1, 0.15) is 37.8 Å². The summed E-state index contributed by atoms with van der Waals surface area (Å²) in [5, 5.41) is 8.76. The molecule has 1 heterocycles. The molecule has 0 saturated carbocycles. The maximum Gasteiger partial charge on any atom is 0.303 e.